The number of carbonyl (C=O) groups is 1. The third kappa shape index (κ3) is 2.34. The number of hydrogen-bond acceptors (Lipinski definition) is 1. The van der Waals surface area contributed by atoms with Crippen molar-refractivity contribution in [1.82, 2.24) is 9.80 Å². The predicted octanol–water partition coefficient (Wildman–Crippen LogP) is 1.49. The van der Waals surface area contributed by atoms with Crippen molar-refractivity contribution in [3.63, 3.8) is 0 Å². The molecule has 0 radical (unpaired) electrons. The molecule has 0 spiro atoms. The van der Waals surface area contributed by atoms with Gasteiger partial charge in [0.1, 0.15) is 0 Å². The van der Waals surface area contributed by atoms with Crippen molar-refractivity contribution in [2.45, 2.75) is 6.42 Å². The maximum absolute atomic E-state index is 11.7. The molecule has 0 atom stereocenters. The molecule has 0 unspecified atom stereocenters. The second-order valence-corrected chi connectivity index (χ2v) is 3.11. The molecular weight excluding hydrogens is 164 g/mol. The summed E-state index contributed by atoms with van der Waals surface area (Å²) in [6.45, 7) is 10.2. The van der Waals surface area contributed by atoms with Crippen LogP contribution in [0, 0.1) is 0 Å². The van der Waals surface area contributed by atoms with Gasteiger partial charge in [0.25, 0.3) is 0 Å². The Kier molecular flexibility index (Phi) is 3.55. The highest BCUT2D eigenvalue weighted by molar-refractivity contribution is 5.75. The molecule has 3 nitrogen and oxygen atoms in total. The van der Waals surface area contributed by atoms with E-state index in [2.05, 4.69) is 13.2 Å². The van der Waals surface area contributed by atoms with Crippen LogP contribution in [-0.2, 0) is 0 Å². The van der Waals surface area contributed by atoms with Crippen LogP contribution in [0.3, 0.4) is 0 Å². The van der Waals surface area contributed by atoms with Crippen LogP contribution in [0.2, 0.25) is 0 Å². The molecule has 1 heterocycles. The second-order valence-electron chi connectivity index (χ2n) is 3.11. The molecule has 0 aromatic heterocycles. The number of urea groups is 1. The lowest BCUT2D eigenvalue weighted by atomic mass is 10.3. The van der Waals surface area contributed by atoms with Gasteiger partial charge < -0.3 is 9.80 Å². The van der Waals surface area contributed by atoms with Gasteiger partial charge in [-0.2, -0.15) is 0 Å². The lowest BCUT2D eigenvalue weighted by Crippen LogP contribution is -2.49. The SMILES string of the molecule is C=CCN1CCCN(CC=C)C1=O. The Bertz CT molecular complexity index is 193. The van der Waals surface area contributed by atoms with Crippen LogP contribution in [0.5, 0.6) is 0 Å². The van der Waals surface area contributed by atoms with Crippen LogP contribution < -0.4 is 0 Å². The van der Waals surface area contributed by atoms with E-state index in [1.807, 2.05) is 0 Å². The Morgan fingerprint density at radius 3 is 2.00 bits per heavy atom. The van der Waals surface area contributed by atoms with Crippen molar-refractivity contribution in [3.05, 3.63) is 25.3 Å². The molecule has 0 saturated carbocycles. The zero-order valence-corrected chi connectivity index (χ0v) is 7.91. The summed E-state index contributed by atoms with van der Waals surface area (Å²) in [6, 6.07) is 0.103. The van der Waals surface area contributed by atoms with Gasteiger partial charge in [-0.05, 0) is 6.42 Å². The van der Waals surface area contributed by atoms with Crippen LogP contribution >= 0.6 is 0 Å². The fraction of sp³-hybridized carbons (Fsp3) is 0.500. The quantitative estimate of drug-likeness (QED) is 0.601. The van der Waals surface area contributed by atoms with E-state index in [-0.39, 0.29) is 6.03 Å². The van der Waals surface area contributed by atoms with E-state index < -0.39 is 0 Å². The van der Waals surface area contributed by atoms with E-state index in [4.69, 9.17) is 0 Å². The largest absolute Gasteiger partial charge is 0.321 e. The van der Waals surface area contributed by atoms with Gasteiger partial charge in [-0.3, -0.25) is 0 Å². The molecule has 1 rings (SSSR count). The minimum Gasteiger partial charge on any atom is -0.321 e. The standard InChI is InChI=1S/C10H16N2O/c1-3-6-11-8-5-9-12(7-4-2)10(11)13/h3-4H,1-2,5-9H2. The molecule has 0 aromatic carbocycles. The molecule has 3 heteroatoms. The van der Waals surface area contributed by atoms with Crippen molar-refractivity contribution < 1.29 is 4.79 Å². The molecule has 0 N–H and O–H groups in total. The molecule has 1 aliphatic heterocycles. The topological polar surface area (TPSA) is 23.6 Å². The molecular formula is C10H16N2O. The first-order chi connectivity index (χ1) is 6.29. The summed E-state index contributed by atoms with van der Waals surface area (Å²) < 4.78 is 0. The average molecular weight is 180 g/mol. The molecule has 2 amide bonds. The summed E-state index contributed by atoms with van der Waals surface area (Å²) in [7, 11) is 0. The van der Waals surface area contributed by atoms with Gasteiger partial charge in [0, 0.05) is 26.2 Å². The maximum Gasteiger partial charge on any atom is 0.320 e. The zero-order valence-electron chi connectivity index (χ0n) is 7.91. The minimum absolute atomic E-state index is 0.103. The highest BCUT2D eigenvalue weighted by Crippen LogP contribution is 2.08. The lowest BCUT2D eigenvalue weighted by molar-refractivity contribution is 0.141. The molecule has 1 fully saturated rings. The Labute approximate surface area is 79.3 Å². The molecule has 13 heavy (non-hydrogen) atoms. The van der Waals surface area contributed by atoms with Crippen LogP contribution in [-0.4, -0.2) is 42.0 Å². The first kappa shape index (κ1) is 9.84. The van der Waals surface area contributed by atoms with E-state index in [1.54, 1.807) is 22.0 Å². The van der Waals surface area contributed by atoms with E-state index >= 15 is 0 Å². The first-order valence-electron chi connectivity index (χ1n) is 4.55. The van der Waals surface area contributed by atoms with Gasteiger partial charge in [0.05, 0.1) is 0 Å². The monoisotopic (exact) mass is 180 g/mol. The van der Waals surface area contributed by atoms with Crippen LogP contribution in [0.4, 0.5) is 4.79 Å². The van der Waals surface area contributed by atoms with Crippen LogP contribution in [0.25, 0.3) is 0 Å². The van der Waals surface area contributed by atoms with Crippen LogP contribution in [0.1, 0.15) is 6.42 Å². The van der Waals surface area contributed by atoms with Crippen molar-refractivity contribution in [2.75, 3.05) is 26.2 Å². The highest BCUT2D eigenvalue weighted by Gasteiger charge is 2.22. The normalized spacial score (nSPS) is 17.4. The summed E-state index contributed by atoms with van der Waals surface area (Å²) in [5, 5.41) is 0. The Morgan fingerprint density at radius 1 is 1.15 bits per heavy atom. The van der Waals surface area contributed by atoms with Crippen molar-refractivity contribution >= 4 is 6.03 Å². The van der Waals surface area contributed by atoms with Crippen molar-refractivity contribution in [2.24, 2.45) is 0 Å². The fourth-order valence-corrected chi connectivity index (χ4v) is 1.49. The highest BCUT2D eigenvalue weighted by atomic mass is 16.2. The molecule has 0 aliphatic carbocycles. The number of carbonyl (C=O) groups excluding carboxylic acids is 1. The first-order valence-corrected chi connectivity index (χ1v) is 4.55. The molecule has 1 aliphatic rings. The molecule has 72 valence electrons. The summed E-state index contributed by atoms with van der Waals surface area (Å²) in [6.07, 6.45) is 4.55. The maximum atomic E-state index is 11.7. The number of hydrogen-bond donors (Lipinski definition) is 0. The van der Waals surface area contributed by atoms with Gasteiger partial charge in [-0.25, -0.2) is 4.79 Å². The van der Waals surface area contributed by atoms with Gasteiger partial charge in [-0.15, -0.1) is 13.2 Å². The summed E-state index contributed by atoms with van der Waals surface area (Å²) in [5.74, 6) is 0. The molecule has 0 aromatic rings. The van der Waals surface area contributed by atoms with Gasteiger partial charge >= 0.3 is 6.03 Å². The number of rotatable bonds is 4. The van der Waals surface area contributed by atoms with E-state index in [9.17, 15) is 4.79 Å². The number of nitrogens with zero attached hydrogens (tertiary/aromatic N) is 2. The number of amides is 2. The molecule has 0 bridgehead atoms. The summed E-state index contributed by atoms with van der Waals surface area (Å²) >= 11 is 0. The van der Waals surface area contributed by atoms with Gasteiger partial charge in [0.15, 0.2) is 0 Å². The second kappa shape index (κ2) is 4.70. The zero-order chi connectivity index (χ0) is 9.68. The fourth-order valence-electron chi connectivity index (χ4n) is 1.49. The average Bonchev–Trinajstić information content (AvgIpc) is 2.13. The Morgan fingerprint density at radius 2 is 1.62 bits per heavy atom. The Balaban J connectivity index is 2.54. The van der Waals surface area contributed by atoms with Crippen molar-refractivity contribution in [1.29, 1.82) is 0 Å². The van der Waals surface area contributed by atoms with Crippen LogP contribution in [0.15, 0.2) is 25.3 Å². The smallest absolute Gasteiger partial charge is 0.320 e. The third-order valence-corrected chi connectivity index (χ3v) is 2.10. The van der Waals surface area contributed by atoms with Gasteiger partial charge in [-0.1, -0.05) is 12.2 Å². The van der Waals surface area contributed by atoms with Crippen molar-refractivity contribution in [3.8, 4) is 0 Å². The van der Waals surface area contributed by atoms with E-state index in [0.717, 1.165) is 19.5 Å². The third-order valence-electron chi connectivity index (χ3n) is 2.10. The van der Waals surface area contributed by atoms with Gasteiger partial charge in [0.2, 0.25) is 0 Å². The Hall–Kier alpha value is -1.25. The summed E-state index contributed by atoms with van der Waals surface area (Å²) in [4.78, 5) is 15.3. The summed E-state index contributed by atoms with van der Waals surface area (Å²) in [5.41, 5.74) is 0. The van der Waals surface area contributed by atoms with E-state index in [0.29, 0.717) is 13.1 Å². The predicted molar refractivity (Wildman–Crippen MR) is 53.6 cm³/mol. The lowest BCUT2D eigenvalue weighted by Gasteiger charge is -2.34. The van der Waals surface area contributed by atoms with E-state index in [1.165, 1.54) is 0 Å². The molecule has 1 saturated heterocycles. The minimum atomic E-state index is 0.103.